The first-order valence-corrected chi connectivity index (χ1v) is 8.80. The van der Waals surface area contributed by atoms with Gasteiger partial charge in [-0.3, -0.25) is 0 Å². The molecule has 0 spiro atoms. The van der Waals surface area contributed by atoms with E-state index in [1.54, 1.807) is 18.2 Å². The second-order valence-electron chi connectivity index (χ2n) is 4.34. The van der Waals surface area contributed by atoms with E-state index in [-0.39, 0.29) is 10.8 Å². The lowest BCUT2D eigenvalue weighted by atomic mass is 10.2. The van der Waals surface area contributed by atoms with E-state index in [1.165, 1.54) is 4.31 Å². The van der Waals surface area contributed by atoms with Gasteiger partial charge in [-0.15, -0.1) is 11.6 Å². The molecule has 1 aromatic carbocycles. The van der Waals surface area contributed by atoms with Crippen LogP contribution in [-0.4, -0.2) is 32.4 Å². The molecule has 1 aromatic rings. The number of hydrogen-bond acceptors (Lipinski definition) is 3. The summed E-state index contributed by atoms with van der Waals surface area (Å²) >= 11 is 5.89. The topological polar surface area (TPSA) is 46.6 Å². The fourth-order valence-electron chi connectivity index (χ4n) is 1.89. The third kappa shape index (κ3) is 3.87. The Hall–Kier alpha value is -0.780. The van der Waals surface area contributed by atoms with Gasteiger partial charge in [0.05, 0.1) is 17.4 Å². The molecule has 0 amide bonds. The normalized spacial score (nSPS) is 11.8. The van der Waals surface area contributed by atoms with Crippen LogP contribution in [0.5, 0.6) is 5.75 Å². The molecule has 0 aliphatic rings. The van der Waals surface area contributed by atoms with Gasteiger partial charge >= 0.3 is 0 Å². The van der Waals surface area contributed by atoms with Crippen molar-refractivity contribution in [3.63, 3.8) is 0 Å². The summed E-state index contributed by atoms with van der Waals surface area (Å²) in [4.78, 5) is 0.265. The van der Waals surface area contributed by atoms with E-state index in [9.17, 15) is 8.42 Å². The Morgan fingerprint density at radius 1 is 1.20 bits per heavy atom. The minimum absolute atomic E-state index is 0.223. The number of halogens is 1. The zero-order valence-corrected chi connectivity index (χ0v) is 13.8. The van der Waals surface area contributed by atoms with Crippen molar-refractivity contribution in [2.24, 2.45) is 0 Å². The summed E-state index contributed by atoms with van der Waals surface area (Å²) < 4.78 is 31.8. The second kappa shape index (κ2) is 7.86. The molecule has 6 heteroatoms. The van der Waals surface area contributed by atoms with E-state index < -0.39 is 10.0 Å². The molecule has 0 N–H and O–H groups in total. The summed E-state index contributed by atoms with van der Waals surface area (Å²) in [5.41, 5.74) is 0.702. The summed E-state index contributed by atoms with van der Waals surface area (Å²) in [6.07, 6.45) is 0.890. The number of nitrogens with zero attached hydrogens (tertiary/aromatic N) is 1. The first-order valence-electron chi connectivity index (χ1n) is 6.83. The molecule has 0 radical (unpaired) electrons. The predicted molar refractivity (Wildman–Crippen MR) is 81.9 cm³/mol. The third-order valence-corrected chi connectivity index (χ3v) is 5.31. The highest BCUT2D eigenvalue weighted by atomic mass is 35.5. The average Bonchev–Trinajstić information content (AvgIpc) is 2.45. The third-order valence-electron chi connectivity index (χ3n) is 2.98. The molecule has 0 unspecified atom stereocenters. The highest BCUT2D eigenvalue weighted by Crippen LogP contribution is 2.26. The fourth-order valence-corrected chi connectivity index (χ4v) is 3.60. The molecule has 20 heavy (non-hydrogen) atoms. The number of hydrogen-bond donors (Lipinski definition) is 0. The van der Waals surface area contributed by atoms with Crippen LogP contribution in [0.3, 0.4) is 0 Å². The number of sulfonamides is 1. The van der Waals surface area contributed by atoms with E-state index >= 15 is 0 Å². The Labute approximate surface area is 126 Å². The molecular formula is C14H22ClNO3S. The van der Waals surface area contributed by atoms with Crippen LogP contribution in [0.25, 0.3) is 0 Å². The predicted octanol–water partition coefficient (Wildman–Crippen LogP) is 3.24. The van der Waals surface area contributed by atoms with Crippen LogP contribution in [0.15, 0.2) is 23.1 Å². The van der Waals surface area contributed by atoms with Crippen molar-refractivity contribution in [2.75, 3.05) is 19.7 Å². The molecule has 0 saturated heterocycles. The number of ether oxygens (including phenoxy) is 1. The first-order chi connectivity index (χ1) is 9.51. The zero-order chi connectivity index (χ0) is 15.2. The summed E-state index contributed by atoms with van der Waals surface area (Å²) in [5.74, 6) is 0.876. The molecule has 114 valence electrons. The molecule has 0 aliphatic heterocycles. The van der Waals surface area contributed by atoms with Crippen LogP contribution in [0.4, 0.5) is 0 Å². The lowest BCUT2D eigenvalue weighted by molar-refractivity contribution is 0.315. The minimum Gasteiger partial charge on any atom is -0.493 e. The van der Waals surface area contributed by atoms with Gasteiger partial charge in [0, 0.05) is 18.7 Å². The van der Waals surface area contributed by atoms with Crippen molar-refractivity contribution in [1.82, 2.24) is 4.31 Å². The molecule has 0 heterocycles. The standard InChI is InChI=1S/C14H22ClNO3S/c1-4-9-19-14-8-7-13(10-12(14)11-15)20(17,18)16(5-2)6-3/h7-8,10H,4-6,9,11H2,1-3H3. The molecule has 0 fully saturated rings. The van der Waals surface area contributed by atoms with Gasteiger partial charge in [0.25, 0.3) is 0 Å². The van der Waals surface area contributed by atoms with Crippen molar-refractivity contribution < 1.29 is 13.2 Å². The summed E-state index contributed by atoms with van der Waals surface area (Å²) in [6, 6.07) is 4.87. The van der Waals surface area contributed by atoms with Crippen LogP contribution < -0.4 is 4.74 Å². The largest absolute Gasteiger partial charge is 0.493 e. The molecule has 0 bridgehead atoms. The van der Waals surface area contributed by atoms with E-state index in [1.807, 2.05) is 20.8 Å². The lowest BCUT2D eigenvalue weighted by Gasteiger charge is -2.19. The van der Waals surface area contributed by atoms with Crippen LogP contribution in [0.1, 0.15) is 32.8 Å². The highest BCUT2D eigenvalue weighted by Gasteiger charge is 2.22. The Morgan fingerprint density at radius 3 is 2.35 bits per heavy atom. The molecule has 4 nitrogen and oxygen atoms in total. The van der Waals surface area contributed by atoms with Gasteiger partial charge in [-0.2, -0.15) is 4.31 Å². The highest BCUT2D eigenvalue weighted by molar-refractivity contribution is 7.89. The summed E-state index contributed by atoms with van der Waals surface area (Å²) in [5, 5.41) is 0. The van der Waals surface area contributed by atoms with E-state index in [2.05, 4.69) is 0 Å². The smallest absolute Gasteiger partial charge is 0.243 e. The van der Waals surface area contributed by atoms with Crippen molar-refractivity contribution in [2.45, 2.75) is 38.0 Å². The van der Waals surface area contributed by atoms with Gasteiger partial charge < -0.3 is 4.74 Å². The van der Waals surface area contributed by atoms with Crippen molar-refractivity contribution in [1.29, 1.82) is 0 Å². The summed E-state index contributed by atoms with van der Waals surface area (Å²) in [7, 11) is -3.45. The molecule has 0 aromatic heterocycles. The fraction of sp³-hybridized carbons (Fsp3) is 0.571. The summed E-state index contributed by atoms with van der Waals surface area (Å²) in [6.45, 7) is 7.14. The number of alkyl halides is 1. The maximum Gasteiger partial charge on any atom is 0.243 e. The van der Waals surface area contributed by atoms with Crippen molar-refractivity contribution in [3.05, 3.63) is 23.8 Å². The maximum absolute atomic E-state index is 12.4. The lowest BCUT2D eigenvalue weighted by Crippen LogP contribution is -2.30. The molecule has 1 rings (SSSR count). The number of rotatable bonds is 8. The SMILES string of the molecule is CCCOc1ccc(S(=O)(=O)N(CC)CC)cc1CCl. The Bertz CT molecular complexity index is 527. The average molecular weight is 320 g/mol. The molecule has 0 saturated carbocycles. The maximum atomic E-state index is 12.4. The first kappa shape index (κ1) is 17.3. The molecular weight excluding hydrogens is 298 g/mol. The quantitative estimate of drug-likeness (QED) is 0.691. The molecule has 0 aliphatic carbocycles. The van der Waals surface area contributed by atoms with Crippen LogP contribution in [-0.2, 0) is 15.9 Å². The van der Waals surface area contributed by atoms with Gasteiger partial charge in [0.15, 0.2) is 0 Å². The Morgan fingerprint density at radius 2 is 1.85 bits per heavy atom. The Balaban J connectivity index is 3.15. The monoisotopic (exact) mass is 319 g/mol. The van der Waals surface area contributed by atoms with Gasteiger partial charge in [0.1, 0.15) is 5.75 Å². The van der Waals surface area contributed by atoms with E-state index in [0.717, 1.165) is 6.42 Å². The van der Waals surface area contributed by atoms with Gasteiger partial charge in [-0.05, 0) is 24.6 Å². The second-order valence-corrected chi connectivity index (χ2v) is 6.55. The van der Waals surface area contributed by atoms with Crippen LogP contribution in [0.2, 0.25) is 0 Å². The van der Waals surface area contributed by atoms with Crippen LogP contribution >= 0.6 is 11.6 Å². The number of benzene rings is 1. The van der Waals surface area contributed by atoms with Crippen molar-refractivity contribution >= 4 is 21.6 Å². The van der Waals surface area contributed by atoms with E-state index in [4.69, 9.17) is 16.3 Å². The van der Waals surface area contributed by atoms with E-state index in [0.29, 0.717) is 31.0 Å². The minimum atomic E-state index is -3.45. The van der Waals surface area contributed by atoms with Gasteiger partial charge in [-0.1, -0.05) is 20.8 Å². The van der Waals surface area contributed by atoms with Crippen LogP contribution in [0, 0.1) is 0 Å². The van der Waals surface area contributed by atoms with Crippen molar-refractivity contribution in [3.8, 4) is 5.75 Å². The zero-order valence-electron chi connectivity index (χ0n) is 12.2. The van der Waals surface area contributed by atoms with Gasteiger partial charge in [0.2, 0.25) is 10.0 Å². The Kier molecular flexibility index (Phi) is 6.79. The molecule has 0 atom stereocenters. The van der Waals surface area contributed by atoms with Gasteiger partial charge in [-0.25, -0.2) is 8.42 Å².